The lowest BCUT2D eigenvalue weighted by atomic mass is 9.92. The molecular weight excluding hydrogens is 272 g/mol. The van der Waals surface area contributed by atoms with E-state index in [0.717, 1.165) is 4.90 Å². The van der Waals surface area contributed by atoms with Gasteiger partial charge in [0.1, 0.15) is 0 Å². The molecule has 0 aliphatic rings. The van der Waals surface area contributed by atoms with Crippen LogP contribution in [0.25, 0.3) is 32.7 Å². The molecule has 100 valence electrons. The Morgan fingerprint density at radius 1 is 0.476 bits per heavy atom. The van der Waals surface area contributed by atoms with E-state index in [0.29, 0.717) is 0 Å². The zero-order valence-electron chi connectivity index (χ0n) is 11.5. The van der Waals surface area contributed by atoms with Crippen LogP contribution >= 0.6 is 12.6 Å². The van der Waals surface area contributed by atoms with Gasteiger partial charge in [0.25, 0.3) is 0 Å². The summed E-state index contributed by atoms with van der Waals surface area (Å²) < 4.78 is 0. The van der Waals surface area contributed by atoms with Gasteiger partial charge in [-0.15, -0.1) is 12.6 Å². The summed E-state index contributed by atoms with van der Waals surface area (Å²) in [5, 5.41) is 4.93. The Hall–Kier alpha value is -2.25. The Morgan fingerprint density at radius 2 is 0.905 bits per heavy atom. The molecule has 0 atom stereocenters. The van der Waals surface area contributed by atoms with Crippen LogP contribution in [0.1, 0.15) is 0 Å². The highest BCUT2D eigenvalue weighted by Crippen LogP contribution is 2.40. The average Bonchev–Trinajstić information content (AvgIpc) is 2.56. The Balaban J connectivity index is 2.28. The number of benzene rings is 4. The zero-order valence-corrected chi connectivity index (χ0v) is 12.3. The second kappa shape index (κ2) is 4.94. The van der Waals surface area contributed by atoms with Gasteiger partial charge in [-0.25, -0.2) is 0 Å². The van der Waals surface area contributed by atoms with Crippen molar-refractivity contribution >= 4 is 34.2 Å². The van der Waals surface area contributed by atoms with Crippen molar-refractivity contribution in [3.63, 3.8) is 0 Å². The third kappa shape index (κ3) is 1.93. The summed E-state index contributed by atoms with van der Waals surface area (Å²) in [5.74, 6) is 0. The van der Waals surface area contributed by atoms with Crippen LogP contribution in [0.15, 0.2) is 83.8 Å². The van der Waals surface area contributed by atoms with Crippen LogP contribution in [-0.4, -0.2) is 0 Å². The minimum atomic E-state index is 1.06. The van der Waals surface area contributed by atoms with E-state index >= 15 is 0 Å². The molecule has 0 heterocycles. The van der Waals surface area contributed by atoms with Gasteiger partial charge in [0.2, 0.25) is 0 Å². The Morgan fingerprint density at radius 3 is 1.43 bits per heavy atom. The molecule has 4 aromatic rings. The number of fused-ring (bicyclic) bond motifs is 2. The molecule has 0 N–H and O–H groups in total. The van der Waals surface area contributed by atoms with Crippen molar-refractivity contribution in [2.75, 3.05) is 0 Å². The van der Waals surface area contributed by atoms with Crippen LogP contribution in [0.3, 0.4) is 0 Å². The molecule has 0 amide bonds. The molecule has 21 heavy (non-hydrogen) atoms. The summed E-state index contributed by atoms with van der Waals surface area (Å²) in [6, 6.07) is 27.6. The first-order chi connectivity index (χ1) is 10.4. The highest BCUT2D eigenvalue weighted by Gasteiger charge is 2.12. The molecule has 0 aliphatic carbocycles. The van der Waals surface area contributed by atoms with Gasteiger partial charge in [-0.1, -0.05) is 78.9 Å². The lowest BCUT2D eigenvalue weighted by Crippen LogP contribution is -1.87. The molecular formula is C20H14S. The highest BCUT2D eigenvalue weighted by atomic mass is 32.1. The first-order valence-electron chi connectivity index (χ1n) is 7.04. The molecule has 4 aromatic carbocycles. The largest absolute Gasteiger partial charge is 0.142 e. The molecule has 0 aromatic heterocycles. The van der Waals surface area contributed by atoms with Crippen molar-refractivity contribution < 1.29 is 0 Å². The van der Waals surface area contributed by atoms with Gasteiger partial charge in [-0.3, -0.25) is 0 Å². The summed E-state index contributed by atoms with van der Waals surface area (Å²) in [6.45, 7) is 0. The normalized spacial score (nSPS) is 11.1. The van der Waals surface area contributed by atoms with Crippen LogP contribution in [0.2, 0.25) is 0 Å². The first kappa shape index (κ1) is 12.5. The molecule has 0 bridgehead atoms. The predicted octanol–water partition coefficient (Wildman–Crippen LogP) is 5.95. The molecule has 0 radical (unpaired) electrons. The molecule has 0 nitrogen and oxygen atoms in total. The first-order valence-corrected chi connectivity index (χ1v) is 7.49. The van der Waals surface area contributed by atoms with Crippen LogP contribution in [0, 0.1) is 0 Å². The third-order valence-electron chi connectivity index (χ3n) is 3.97. The topological polar surface area (TPSA) is 0 Å². The van der Waals surface area contributed by atoms with Crippen molar-refractivity contribution in [2.24, 2.45) is 0 Å². The van der Waals surface area contributed by atoms with E-state index in [1.54, 1.807) is 0 Å². The van der Waals surface area contributed by atoms with Crippen LogP contribution in [0.4, 0.5) is 0 Å². The van der Waals surface area contributed by atoms with E-state index in [4.69, 9.17) is 12.6 Å². The molecule has 0 aliphatic heterocycles. The van der Waals surface area contributed by atoms with E-state index < -0.39 is 0 Å². The van der Waals surface area contributed by atoms with Gasteiger partial charge < -0.3 is 0 Å². The summed E-state index contributed by atoms with van der Waals surface area (Å²) in [7, 11) is 0. The maximum absolute atomic E-state index is 4.78. The molecule has 0 unspecified atom stereocenters. The fourth-order valence-electron chi connectivity index (χ4n) is 3.02. The molecule has 4 rings (SSSR count). The zero-order chi connectivity index (χ0) is 14.2. The monoisotopic (exact) mass is 286 g/mol. The van der Waals surface area contributed by atoms with E-state index in [2.05, 4.69) is 78.9 Å². The van der Waals surface area contributed by atoms with Gasteiger partial charge in [0.15, 0.2) is 0 Å². The Labute approximate surface area is 129 Å². The van der Waals surface area contributed by atoms with Crippen molar-refractivity contribution in [3.8, 4) is 11.1 Å². The quantitative estimate of drug-likeness (QED) is 0.324. The Kier molecular flexibility index (Phi) is 2.94. The van der Waals surface area contributed by atoms with Gasteiger partial charge in [-0.05, 0) is 32.7 Å². The van der Waals surface area contributed by atoms with Crippen molar-refractivity contribution in [1.29, 1.82) is 0 Å². The van der Waals surface area contributed by atoms with Gasteiger partial charge in [0.05, 0.1) is 0 Å². The predicted molar refractivity (Wildman–Crippen MR) is 94.1 cm³/mol. The highest BCUT2D eigenvalue weighted by molar-refractivity contribution is 7.80. The van der Waals surface area contributed by atoms with E-state index in [1.165, 1.54) is 32.7 Å². The molecule has 0 fully saturated rings. The molecule has 1 heteroatoms. The fourth-order valence-corrected chi connectivity index (χ4v) is 3.41. The van der Waals surface area contributed by atoms with E-state index in [1.807, 2.05) is 0 Å². The fraction of sp³-hybridized carbons (Fsp3) is 0. The number of rotatable bonds is 1. The molecule has 0 saturated carbocycles. The van der Waals surface area contributed by atoms with Crippen molar-refractivity contribution in [2.45, 2.75) is 4.90 Å². The van der Waals surface area contributed by atoms with Gasteiger partial charge in [0, 0.05) is 4.90 Å². The summed E-state index contributed by atoms with van der Waals surface area (Å²) in [4.78, 5) is 1.06. The summed E-state index contributed by atoms with van der Waals surface area (Å²) in [6.07, 6.45) is 0. The van der Waals surface area contributed by atoms with Gasteiger partial charge >= 0.3 is 0 Å². The smallest absolute Gasteiger partial charge is 0.0198 e. The van der Waals surface area contributed by atoms with Crippen LogP contribution in [-0.2, 0) is 0 Å². The second-order valence-electron chi connectivity index (χ2n) is 5.18. The standard InChI is InChI=1S/C20H14S/c21-20-17-12-6-4-10-15(17)19(14-8-2-1-3-9-14)16-11-5-7-13-18(16)20/h1-13,21H. The minimum Gasteiger partial charge on any atom is -0.142 e. The lowest BCUT2D eigenvalue weighted by molar-refractivity contribution is 1.61. The third-order valence-corrected chi connectivity index (χ3v) is 4.45. The number of thiol groups is 1. The van der Waals surface area contributed by atoms with E-state index in [-0.39, 0.29) is 0 Å². The maximum atomic E-state index is 4.78. The Bertz CT molecular complexity index is 883. The second-order valence-corrected chi connectivity index (χ2v) is 5.63. The number of hydrogen-bond acceptors (Lipinski definition) is 1. The maximum Gasteiger partial charge on any atom is 0.0198 e. The van der Waals surface area contributed by atoms with Crippen LogP contribution in [0.5, 0.6) is 0 Å². The lowest BCUT2D eigenvalue weighted by Gasteiger charge is -2.14. The average molecular weight is 286 g/mol. The molecule has 0 saturated heterocycles. The molecule has 0 spiro atoms. The SMILES string of the molecule is Sc1c2ccccc2c(-c2ccccc2)c2ccccc12. The minimum absolute atomic E-state index is 1.06. The van der Waals surface area contributed by atoms with Gasteiger partial charge in [-0.2, -0.15) is 0 Å². The van der Waals surface area contributed by atoms with Crippen molar-refractivity contribution in [1.82, 2.24) is 0 Å². The summed E-state index contributed by atoms with van der Waals surface area (Å²) >= 11 is 4.78. The van der Waals surface area contributed by atoms with Crippen molar-refractivity contribution in [3.05, 3.63) is 78.9 Å². The van der Waals surface area contributed by atoms with E-state index in [9.17, 15) is 0 Å². The van der Waals surface area contributed by atoms with Crippen LogP contribution < -0.4 is 0 Å². The number of hydrogen-bond donors (Lipinski definition) is 1. The summed E-state index contributed by atoms with van der Waals surface area (Å²) in [5.41, 5.74) is 2.54.